The summed E-state index contributed by atoms with van der Waals surface area (Å²) in [4.78, 5) is 4.12. The van der Waals surface area contributed by atoms with Gasteiger partial charge in [0.25, 0.3) is 0 Å². The van der Waals surface area contributed by atoms with Gasteiger partial charge in [0.1, 0.15) is 5.02 Å². The molecule has 0 amide bonds. The van der Waals surface area contributed by atoms with Gasteiger partial charge in [0.05, 0.1) is 12.4 Å². The Morgan fingerprint density at radius 2 is 2.22 bits per heavy atom. The van der Waals surface area contributed by atoms with Gasteiger partial charge in [-0.3, -0.25) is 4.68 Å². The van der Waals surface area contributed by atoms with Gasteiger partial charge in [0, 0.05) is 18.6 Å². The van der Waals surface area contributed by atoms with E-state index in [1.165, 1.54) is 0 Å². The van der Waals surface area contributed by atoms with E-state index in [4.69, 9.17) is 27.9 Å². The van der Waals surface area contributed by atoms with E-state index in [0.29, 0.717) is 22.5 Å². The smallest absolute Gasteiger partial charge is 0.238 e. The van der Waals surface area contributed by atoms with Gasteiger partial charge in [-0.25, -0.2) is 4.98 Å². The predicted octanol–water partition coefficient (Wildman–Crippen LogP) is 3.87. The second-order valence-corrected chi connectivity index (χ2v) is 4.48. The van der Waals surface area contributed by atoms with Crippen LogP contribution in [0, 0.1) is 0 Å². The summed E-state index contributed by atoms with van der Waals surface area (Å²) in [5.74, 6) is 1.36. The first-order valence-electron chi connectivity index (χ1n) is 5.63. The standard InChI is InChI=1S/C12H13Cl2N3O/c1-2-3-17-8-10(7-16-17)18-12-11(14)4-9(5-13)6-15-12/h4,6-8H,2-3,5H2,1H3. The number of ether oxygens (including phenoxy) is 1. The minimum absolute atomic E-state index is 0.363. The van der Waals surface area contributed by atoms with Crippen molar-refractivity contribution in [2.75, 3.05) is 0 Å². The van der Waals surface area contributed by atoms with Gasteiger partial charge in [0.15, 0.2) is 5.75 Å². The second kappa shape index (κ2) is 6.07. The summed E-state index contributed by atoms with van der Waals surface area (Å²) < 4.78 is 7.38. The zero-order valence-corrected chi connectivity index (χ0v) is 11.4. The molecule has 0 aliphatic rings. The Hall–Kier alpha value is -1.26. The molecule has 4 nitrogen and oxygen atoms in total. The molecule has 0 aliphatic heterocycles. The maximum atomic E-state index is 6.05. The molecule has 0 radical (unpaired) electrons. The SMILES string of the molecule is CCCn1cc(Oc2ncc(CCl)cc2Cl)cn1. The minimum Gasteiger partial charge on any atom is -0.434 e. The third-order valence-electron chi connectivity index (χ3n) is 2.30. The Morgan fingerprint density at radius 3 is 2.89 bits per heavy atom. The molecule has 0 atom stereocenters. The van der Waals surface area contributed by atoms with Crippen LogP contribution in [0.4, 0.5) is 0 Å². The maximum absolute atomic E-state index is 6.05. The van der Waals surface area contributed by atoms with Crippen LogP contribution in [0.15, 0.2) is 24.7 Å². The molecule has 2 aromatic heterocycles. The van der Waals surface area contributed by atoms with Gasteiger partial charge in [-0.05, 0) is 18.1 Å². The van der Waals surface area contributed by atoms with Crippen molar-refractivity contribution in [3.05, 3.63) is 35.2 Å². The van der Waals surface area contributed by atoms with Crippen molar-refractivity contribution in [2.24, 2.45) is 0 Å². The van der Waals surface area contributed by atoms with Crippen molar-refractivity contribution >= 4 is 23.2 Å². The third-order valence-corrected chi connectivity index (χ3v) is 2.87. The van der Waals surface area contributed by atoms with E-state index in [-0.39, 0.29) is 0 Å². The molecule has 6 heteroatoms. The summed E-state index contributed by atoms with van der Waals surface area (Å²) in [5, 5.41) is 4.61. The van der Waals surface area contributed by atoms with E-state index in [0.717, 1.165) is 18.5 Å². The number of hydrogen-bond acceptors (Lipinski definition) is 3. The van der Waals surface area contributed by atoms with Crippen LogP contribution in [0.1, 0.15) is 18.9 Å². The molecular formula is C12H13Cl2N3O. The van der Waals surface area contributed by atoms with E-state index >= 15 is 0 Å². The maximum Gasteiger partial charge on any atom is 0.238 e. The molecule has 2 rings (SSSR count). The molecule has 0 aromatic carbocycles. The lowest BCUT2D eigenvalue weighted by molar-refractivity contribution is 0.461. The van der Waals surface area contributed by atoms with Crippen LogP contribution in [0.2, 0.25) is 5.02 Å². The number of nitrogens with zero attached hydrogens (tertiary/aromatic N) is 3. The molecule has 0 aliphatic carbocycles. The van der Waals surface area contributed by atoms with E-state index in [1.54, 1.807) is 18.5 Å². The molecule has 2 heterocycles. The van der Waals surface area contributed by atoms with Crippen LogP contribution in [0.5, 0.6) is 11.6 Å². The number of halogens is 2. The van der Waals surface area contributed by atoms with Crippen molar-refractivity contribution in [2.45, 2.75) is 25.8 Å². The third kappa shape index (κ3) is 3.15. The summed E-state index contributed by atoms with van der Waals surface area (Å²) in [6.45, 7) is 2.95. The number of rotatable bonds is 5. The number of aromatic nitrogens is 3. The fraction of sp³-hybridized carbons (Fsp3) is 0.333. The topological polar surface area (TPSA) is 39.9 Å². The van der Waals surface area contributed by atoms with Crippen LogP contribution >= 0.6 is 23.2 Å². The van der Waals surface area contributed by atoms with Gasteiger partial charge < -0.3 is 4.74 Å². The first kappa shape index (κ1) is 13.2. The van der Waals surface area contributed by atoms with Gasteiger partial charge in [-0.15, -0.1) is 11.6 Å². The first-order chi connectivity index (χ1) is 8.72. The monoisotopic (exact) mass is 285 g/mol. The van der Waals surface area contributed by atoms with Crippen molar-refractivity contribution < 1.29 is 4.74 Å². The number of hydrogen-bond donors (Lipinski definition) is 0. The lowest BCUT2D eigenvalue weighted by Crippen LogP contribution is -1.95. The van der Waals surface area contributed by atoms with Crippen molar-refractivity contribution in [3.8, 4) is 11.6 Å². The van der Waals surface area contributed by atoms with E-state index in [2.05, 4.69) is 17.0 Å². The molecule has 0 spiro atoms. The highest BCUT2D eigenvalue weighted by Gasteiger charge is 2.07. The summed E-state index contributed by atoms with van der Waals surface area (Å²) in [6, 6.07) is 1.74. The molecule has 0 unspecified atom stereocenters. The fourth-order valence-corrected chi connectivity index (χ4v) is 1.85. The largest absolute Gasteiger partial charge is 0.434 e. The van der Waals surface area contributed by atoms with Crippen LogP contribution < -0.4 is 4.74 Å². The molecule has 18 heavy (non-hydrogen) atoms. The van der Waals surface area contributed by atoms with Crippen LogP contribution in [0.25, 0.3) is 0 Å². The summed E-state index contributed by atoms with van der Waals surface area (Å²) in [5.41, 5.74) is 0.857. The molecule has 0 saturated carbocycles. The zero-order chi connectivity index (χ0) is 13.0. The van der Waals surface area contributed by atoms with Crippen molar-refractivity contribution in [1.29, 1.82) is 0 Å². The number of aryl methyl sites for hydroxylation is 1. The normalized spacial score (nSPS) is 10.6. The van der Waals surface area contributed by atoms with Crippen LogP contribution in [-0.2, 0) is 12.4 Å². The quantitative estimate of drug-likeness (QED) is 0.783. The fourth-order valence-electron chi connectivity index (χ4n) is 1.47. The molecule has 0 fully saturated rings. The Morgan fingerprint density at radius 1 is 1.39 bits per heavy atom. The average molecular weight is 286 g/mol. The van der Waals surface area contributed by atoms with E-state index < -0.39 is 0 Å². The number of alkyl halides is 1. The van der Waals surface area contributed by atoms with Gasteiger partial charge in [-0.1, -0.05) is 18.5 Å². The number of pyridine rings is 1. The highest BCUT2D eigenvalue weighted by atomic mass is 35.5. The molecule has 2 aromatic rings. The Kier molecular flexibility index (Phi) is 4.44. The van der Waals surface area contributed by atoms with Gasteiger partial charge in [-0.2, -0.15) is 5.10 Å². The Bertz CT molecular complexity index is 528. The molecule has 0 saturated heterocycles. The predicted molar refractivity (Wildman–Crippen MR) is 71.4 cm³/mol. The van der Waals surface area contributed by atoms with Gasteiger partial charge in [0.2, 0.25) is 5.88 Å². The Labute approximate surface area is 115 Å². The molecule has 0 N–H and O–H groups in total. The first-order valence-corrected chi connectivity index (χ1v) is 6.55. The average Bonchev–Trinajstić information content (AvgIpc) is 2.80. The lowest BCUT2D eigenvalue weighted by atomic mass is 10.3. The highest BCUT2D eigenvalue weighted by Crippen LogP contribution is 2.27. The summed E-state index contributed by atoms with van der Waals surface area (Å²) in [6.07, 6.45) is 6.12. The Balaban J connectivity index is 2.12. The summed E-state index contributed by atoms with van der Waals surface area (Å²) in [7, 11) is 0. The molecule has 0 bridgehead atoms. The van der Waals surface area contributed by atoms with Crippen molar-refractivity contribution in [3.63, 3.8) is 0 Å². The summed E-state index contributed by atoms with van der Waals surface area (Å²) >= 11 is 11.7. The van der Waals surface area contributed by atoms with E-state index in [9.17, 15) is 0 Å². The minimum atomic E-state index is 0.363. The van der Waals surface area contributed by atoms with Gasteiger partial charge >= 0.3 is 0 Å². The van der Waals surface area contributed by atoms with Crippen LogP contribution in [-0.4, -0.2) is 14.8 Å². The second-order valence-electron chi connectivity index (χ2n) is 3.81. The highest BCUT2D eigenvalue weighted by molar-refractivity contribution is 6.32. The lowest BCUT2D eigenvalue weighted by Gasteiger charge is -2.04. The van der Waals surface area contributed by atoms with Crippen LogP contribution in [0.3, 0.4) is 0 Å². The zero-order valence-electron chi connectivity index (χ0n) is 9.94. The van der Waals surface area contributed by atoms with Crippen molar-refractivity contribution in [1.82, 2.24) is 14.8 Å². The molecular weight excluding hydrogens is 273 g/mol. The molecule has 96 valence electrons. The van der Waals surface area contributed by atoms with E-state index in [1.807, 2.05) is 10.9 Å².